The maximum atomic E-state index is 9.43. The molecule has 0 aromatic heterocycles. The Morgan fingerprint density at radius 2 is 2.06 bits per heavy atom. The SMILES string of the molecule is Cc1cccc(Cl)c1NCc1ccc(O)c(Br)c1. The molecule has 4 heteroatoms. The van der Waals surface area contributed by atoms with Gasteiger partial charge in [0.15, 0.2) is 0 Å². The van der Waals surface area contributed by atoms with E-state index in [1.165, 1.54) is 0 Å². The van der Waals surface area contributed by atoms with E-state index >= 15 is 0 Å². The first-order valence-corrected chi connectivity index (χ1v) is 6.71. The maximum Gasteiger partial charge on any atom is 0.129 e. The molecule has 0 radical (unpaired) electrons. The first kappa shape index (κ1) is 13.2. The van der Waals surface area contributed by atoms with E-state index in [9.17, 15) is 5.11 Å². The molecule has 0 atom stereocenters. The molecule has 0 saturated carbocycles. The average Bonchev–Trinajstić information content (AvgIpc) is 2.33. The third kappa shape index (κ3) is 2.98. The lowest BCUT2D eigenvalue weighted by atomic mass is 10.1. The van der Waals surface area contributed by atoms with Crippen LogP contribution in [0.2, 0.25) is 5.02 Å². The fraction of sp³-hybridized carbons (Fsp3) is 0.143. The number of hydrogen-bond donors (Lipinski definition) is 2. The molecule has 0 saturated heterocycles. The van der Waals surface area contributed by atoms with E-state index < -0.39 is 0 Å². The van der Waals surface area contributed by atoms with Gasteiger partial charge in [-0.15, -0.1) is 0 Å². The molecule has 2 nitrogen and oxygen atoms in total. The van der Waals surface area contributed by atoms with E-state index in [0.717, 1.165) is 16.8 Å². The van der Waals surface area contributed by atoms with Crippen LogP contribution in [0, 0.1) is 6.92 Å². The summed E-state index contributed by atoms with van der Waals surface area (Å²) in [4.78, 5) is 0. The van der Waals surface area contributed by atoms with Crippen molar-refractivity contribution in [2.24, 2.45) is 0 Å². The summed E-state index contributed by atoms with van der Waals surface area (Å²) < 4.78 is 0.692. The summed E-state index contributed by atoms with van der Waals surface area (Å²) in [5.41, 5.74) is 3.13. The molecule has 0 fully saturated rings. The molecule has 0 aliphatic carbocycles. The molecule has 2 aromatic carbocycles. The molecule has 0 aliphatic heterocycles. The Kier molecular flexibility index (Phi) is 4.15. The number of nitrogens with one attached hydrogen (secondary N) is 1. The first-order valence-electron chi connectivity index (χ1n) is 5.54. The van der Waals surface area contributed by atoms with Crippen molar-refractivity contribution >= 4 is 33.2 Å². The highest BCUT2D eigenvalue weighted by Crippen LogP contribution is 2.27. The van der Waals surface area contributed by atoms with Crippen molar-refractivity contribution in [3.8, 4) is 5.75 Å². The molecule has 2 aromatic rings. The lowest BCUT2D eigenvalue weighted by Gasteiger charge is -2.11. The van der Waals surface area contributed by atoms with Crippen molar-refractivity contribution in [2.75, 3.05) is 5.32 Å². The van der Waals surface area contributed by atoms with E-state index in [1.807, 2.05) is 37.3 Å². The fourth-order valence-electron chi connectivity index (χ4n) is 1.71. The van der Waals surface area contributed by atoms with Crippen LogP contribution in [0.5, 0.6) is 5.75 Å². The van der Waals surface area contributed by atoms with Gasteiger partial charge in [-0.3, -0.25) is 0 Å². The van der Waals surface area contributed by atoms with Crippen molar-refractivity contribution in [3.05, 3.63) is 57.0 Å². The number of anilines is 1. The highest BCUT2D eigenvalue weighted by atomic mass is 79.9. The van der Waals surface area contributed by atoms with Crippen LogP contribution in [0.25, 0.3) is 0 Å². The van der Waals surface area contributed by atoms with Crippen molar-refractivity contribution in [1.82, 2.24) is 0 Å². The Labute approximate surface area is 120 Å². The Balaban J connectivity index is 2.14. The third-order valence-corrected chi connectivity index (χ3v) is 3.65. The Hall–Kier alpha value is -1.19. The molecular weight excluding hydrogens is 314 g/mol. The van der Waals surface area contributed by atoms with Crippen molar-refractivity contribution in [1.29, 1.82) is 0 Å². The fourth-order valence-corrected chi connectivity index (χ4v) is 2.42. The zero-order valence-corrected chi connectivity index (χ0v) is 12.2. The number of phenols is 1. The zero-order valence-electron chi connectivity index (χ0n) is 9.87. The summed E-state index contributed by atoms with van der Waals surface area (Å²) in [6.07, 6.45) is 0. The van der Waals surface area contributed by atoms with Gasteiger partial charge in [-0.05, 0) is 52.2 Å². The minimum absolute atomic E-state index is 0.243. The molecule has 0 unspecified atom stereocenters. The highest BCUT2D eigenvalue weighted by Gasteiger charge is 2.04. The molecule has 18 heavy (non-hydrogen) atoms. The van der Waals surface area contributed by atoms with E-state index in [0.29, 0.717) is 16.0 Å². The molecule has 2 N–H and O–H groups in total. The maximum absolute atomic E-state index is 9.43. The standard InChI is InChI=1S/C14H13BrClNO/c1-9-3-2-4-12(16)14(9)17-8-10-5-6-13(18)11(15)7-10/h2-7,17-18H,8H2,1H3. The van der Waals surface area contributed by atoms with E-state index in [2.05, 4.69) is 21.2 Å². The van der Waals surface area contributed by atoms with Crippen LogP contribution < -0.4 is 5.32 Å². The number of rotatable bonds is 3. The molecule has 2 rings (SSSR count). The number of aryl methyl sites for hydroxylation is 1. The number of hydrogen-bond acceptors (Lipinski definition) is 2. The van der Waals surface area contributed by atoms with Crippen LogP contribution in [0.3, 0.4) is 0 Å². The third-order valence-electron chi connectivity index (χ3n) is 2.70. The summed E-state index contributed by atoms with van der Waals surface area (Å²) in [6.45, 7) is 2.67. The van der Waals surface area contributed by atoms with Crippen LogP contribution in [-0.4, -0.2) is 5.11 Å². The second kappa shape index (κ2) is 5.63. The topological polar surface area (TPSA) is 32.3 Å². The number of phenolic OH excluding ortho intramolecular Hbond substituents is 1. The van der Waals surface area contributed by atoms with Crippen LogP contribution in [0.4, 0.5) is 5.69 Å². The second-order valence-corrected chi connectivity index (χ2v) is 5.33. The number of benzene rings is 2. The van der Waals surface area contributed by atoms with Crippen LogP contribution in [0.15, 0.2) is 40.9 Å². The van der Waals surface area contributed by atoms with Crippen molar-refractivity contribution in [3.63, 3.8) is 0 Å². The summed E-state index contributed by atoms with van der Waals surface area (Å²) in [5.74, 6) is 0.243. The largest absolute Gasteiger partial charge is 0.507 e. The monoisotopic (exact) mass is 325 g/mol. The van der Waals surface area contributed by atoms with Gasteiger partial charge in [-0.2, -0.15) is 0 Å². The zero-order chi connectivity index (χ0) is 13.1. The van der Waals surface area contributed by atoms with Crippen LogP contribution in [0.1, 0.15) is 11.1 Å². The smallest absolute Gasteiger partial charge is 0.129 e. The Bertz CT molecular complexity index is 551. The minimum atomic E-state index is 0.243. The molecule has 94 valence electrons. The molecular formula is C14H13BrClNO. The molecule has 0 spiro atoms. The van der Waals surface area contributed by atoms with Gasteiger partial charge in [0.2, 0.25) is 0 Å². The van der Waals surface area contributed by atoms with E-state index in [1.54, 1.807) is 6.07 Å². The van der Waals surface area contributed by atoms with Gasteiger partial charge in [0.25, 0.3) is 0 Å². The second-order valence-electron chi connectivity index (χ2n) is 4.07. The van der Waals surface area contributed by atoms with Crippen LogP contribution >= 0.6 is 27.5 Å². The lowest BCUT2D eigenvalue weighted by molar-refractivity contribution is 0.471. The van der Waals surface area contributed by atoms with Gasteiger partial charge in [0.1, 0.15) is 5.75 Å². The summed E-state index contributed by atoms with van der Waals surface area (Å²) >= 11 is 9.44. The number of aromatic hydroxyl groups is 1. The molecule has 0 aliphatic rings. The van der Waals surface area contributed by atoms with Crippen molar-refractivity contribution in [2.45, 2.75) is 13.5 Å². The average molecular weight is 327 g/mol. The number of para-hydroxylation sites is 1. The van der Waals surface area contributed by atoms with E-state index in [-0.39, 0.29) is 5.75 Å². The highest BCUT2D eigenvalue weighted by molar-refractivity contribution is 9.10. The summed E-state index contributed by atoms with van der Waals surface area (Å²) in [6, 6.07) is 11.2. The van der Waals surface area contributed by atoms with E-state index in [4.69, 9.17) is 11.6 Å². The normalized spacial score (nSPS) is 10.4. The molecule has 0 heterocycles. The van der Waals surface area contributed by atoms with Gasteiger partial charge < -0.3 is 10.4 Å². The van der Waals surface area contributed by atoms with Gasteiger partial charge in [-0.25, -0.2) is 0 Å². The predicted octanol–water partition coefficient (Wildman–Crippen LogP) is 4.73. The van der Waals surface area contributed by atoms with Gasteiger partial charge in [-0.1, -0.05) is 29.8 Å². The van der Waals surface area contributed by atoms with Crippen LogP contribution in [-0.2, 0) is 6.54 Å². The summed E-state index contributed by atoms with van der Waals surface area (Å²) in [7, 11) is 0. The lowest BCUT2D eigenvalue weighted by Crippen LogP contribution is -2.01. The Morgan fingerprint density at radius 3 is 2.72 bits per heavy atom. The van der Waals surface area contributed by atoms with Gasteiger partial charge in [0.05, 0.1) is 15.2 Å². The first-order chi connectivity index (χ1) is 8.58. The van der Waals surface area contributed by atoms with Gasteiger partial charge >= 0.3 is 0 Å². The quantitative estimate of drug-likeness (QED) is 0.854. The minimum Gasteiger partial charge on any atom is -0.507 e. The number of halogens is 2. The predicted molar refractivity (Wildman–Crippen MR) is 79.3 cm³/mol. The summed E-state index contributed by atoms with van der Waals surface area (Å²) in [5, 5.41) is 13.5. The molecule has 0 bridgehead atoms. The Morgan fingerprint density at radius 1 is 1.28 bits per heavy atom. The van der Waals surface area contributed by atoms with Gasteiger partial charge in [0, 0.05) is 6.54 Å². The molecule has 0 amide bonds. The van der Waals surface area contributed by atoms with Crippen molar-refractivity contribution < 1.29 is 5.11 Å².